The number of amidine groups is 1. The summed E-state index contributed by atoms with van der Waals surface area (Å²) in [7, 11) is 0. The number of piperazine rings is 1. The van der Waals surface area contributed by atoms with Gasteiger partial charge in [-0.3, -0.25) is 14.4 Å². The average molecular weight is 419 g/mol. The monoisotopic (exact) mass is 418 g/mol. The molecule has 0 radical (unpaired) electrons. The largest absolute Gasteiger partial charge is 0.404 e. The molecule has 3 heterocycles. The van der Waals surface area contributed by atoms with E-state index in [1.165, 1.54) is 12.4 Å². The fraction of sp³-hybridized carbons (Fsp3) is 0.333. The van der Waals surface area contributed by atoms with Gasteiger partial charge >= 0.3 is 0 Å². The number of aliphatic imine (C=N–C) groups is 2. The molecule has 1 fully saturated rings. The third-order valence-electron chi connectivity index (χ3n) is 5.24. The number of imidazole rings is 1. The Bertz CT molecular complexity index is 1090. The van der Waals surface area contributed by atoms with E-state index in [4.69, 9.17) is 21.4 Å². The van der Waals surface area contributed by atoms with Gasteiger partial charge in [0.2, 0.25) is 0 Å². The van der Waals surface area contributed by atoms with Crippen LogP contribution in [0.2, 0.25) is 0 Å². The van der Waals surface area contributed by atoms with Crippen LogP contribution in [0.4, 0.5) is 0 Å². The van der Waals surface area contributed by atoms with E-state index in [0.29, 0.717) is 23.5 Å². The maximum atomic E-state index is 9.13. The molecule has 1 saturated heterocycles. The van der Waals surface area contributed by atoms with Crippen molar-refractivity contribution in [3.63, 3.8) is 0 Å². The molecule has 0 amide bonds. The molecule has 2 aromatic heterocycles. The van der Waals surface area contributed by atoms with Crippen molar-refractivity contribution in [1.82, 2.24) is 24.6 Å². The predicted molar refractivity (Wildman–Crippen MR) is 121 cm³/mol. The number of hydrogen-bond acceptors (Lipinski definition) is 8. The SMILES string of the molecule is C=N/C=C\C(=NCc1cnc2cnc(C#N)cn12)N1CC(C)NC(/C(C=N)=C/N)C1C. The Morgan fingerprint density at radius 2 is 2.26 bits per heavy atom. The van der Waals surface area contributed by atoms with Crippen molar-refractivity contribution in [3.05, 3.63) is 54.0 Å². The summed E-state index contributed by atoms with van der Waals surface area (Å²) in [5, 5.41) is 20.3. The van der Waals surface area contributed by atoms with Gasteiger partial charge < -0.3 is 21.4 Å². The lowest BCUT2D eigenvalue weighted by atomic mass is 9.95. The van der Waals surface area contributed by atoms with Crippen LogP contribution < -0.4 is 11.1 Å². The van der Waals surface area contributed by atoms with Gasteiger partial charge in [-0.25, -0.2) is 9.97 Å². The van der Waals surface area contributed by atoms with E-state index in [1.54, 1.807) is 24.8 Å². The molecule has 3 atom stereocenters. The minimum absolute atomic E-state index is 0.00242. The summed E-state index contributed by atoms with van der Waals surface area (Å²) in [6, 6.07) is 2.09. The van der Waals surface area contributed by atoms with E-state index in [-0.39, 0.29) is 18.1 Å². The zero-order valence-corrected chi connectivity index (χ0v) is 17.6. The topological polar surface area (TPSA) is 144 Å². The fourth-order valence-corrected chi connectivity index (χ4v) is 3.69. The van der Waals surface area contributed by atoms with Gasteiger partial charge in [-0.1, -0.05) is 0 Å². The second-order valence-electron chi connectivity index (χ2n) is 7.28. The van der Waals surface area contributed by atoms with Gasteiger partial charge in [-0.15, -0.1) is 0 Å². The predicted octanol–water partition coefficient (Wildman–Crippen LogP) is 1.26. The van der Waals surface area contributed by atoms with E-state index in [9.17, 15) is 0 Å². The highest BCUT2D eigenvalue weighted by Crippen LogP contribution is 2.19. The standard InChI is InChI=1S/C21H26N10/c1-14-12-30(15(2)21(29-14)16(6-22)7-23)19(4-5-25-3)27-9-18-10-28-20-11-26-17(8-24)13-31(18)20/h4-7,10-11,13-15,21-22,29H,3,9,12,23H2,1-2H3/b5-4-,16-7+,22-6?,27-19?. The van der Waals surface area contributed by atoms with Gasteiger partial charge in [0.1, 0.15) is 11.9 Å². The molecule has 0 spiro atoms. The zero-order valence-electron chi connectivity index (χ0n) is 17.6. The Hall–Kier alpha value is -3.84. The van der Waals surface area contributed by atoms with Crippen molar-refractivity contribution in [1.29, 1.82) is 10.7 Å². The number of nitriles is 1. The molecule has 0 saturated carbocycles. The van der Waals surface area contributed by atoms with E-state index in [0.717, 1.165) is 18.1 Å². The minimum Gasteiger partial charge on any atom is -0.404 e. The maximum Gasteiger partial charge on any atom is 0.157 e. The smallest absolute Gasteiger partial charge is 0.157 e. The molecule has 1 aliphatic rings. The van der Waals surface area contributed by atoms with Crippen LogP contribution in [0.3, 0.4) is 0 Å². The summed E-state index contributed by atoms with van der Waals surface area (Å²) in [6.45, 7) is 8.75. The first kappa shape index (κ1) is 21.9. The van der Waals surface area contributed by atoms with Crippen LogP contribution in [0.5, 0.6) is 0 Å². The molecule has 0 aliphatic carbocycles. The molecular formula is C21H26N10. The summed E-state index contributed by atoms with van der Waals surface area (Å²) < 4.78 is 1.82. The van der Waals surface area contributed by atoms with Gasteiger partial charge in [-0.2, -0.15) is 5.26 Å². The van der Waals surface area contributed by atoms with Gasteiger partial charge in [0.15, 0.2) is 11.3 Å². The summed E-state index contributed by atoms with van der Waals surface area (Å²) in [4.78, 5) is 19.2. The van der Waals surface area contributed by atoms with Gasteiger partial charge in [0, 0.05) is 49.0 Å². The number of fused-ring (bicyclic) bond motifs is 1. The lowest BCUT2D eigenvalue weighted by molar-refractivity contribution is 0.197. The number of hydrogen-bond donors (Lipinski definition) is 3. The number of nitrogens with two attached hydrogens (primary N) is 1. The maximum absolute atomic E-state index is 9.13. The summed E-state index contributed by atoms with van der Waals surface area (Å²) in [5.74, 6) is 0.740. The fourth-order valence-electron chi connectivity index (χ4n) is 3.69. The van der Waals surface area contributed by atoms with Crippen molar-refractivity contribution in [2.45, 2.75) is 38.5 Å². The van der Waals surface area contributed by atoms with Crippen molar-refractivity contribution < 1.29 is 0 Å². The summed E-state index contributed by atoms with van der Waals surface area (Å²) in [6.07, 6.45) is 11.1. The highest BCUT2D eigenvalue weighted by atomic mass is 15.3. The highest BCUT2D eigenvalue weighted by molar-refractivity contribution is 5.93. The molecule has 10 nitrogen and oxygen atoms in total. The van der Waals surface area contributed by atoms with Crippen LogP contribution in [-0.2, 0) is 6.54 Å². The van der Waals surface area contributed by atoms with E-state index >= 15 is 0 Å². The first-order chi connectivity index (χ1) is 15.0. The van der Waals surface area contributed by atoms with Crippen molar-refractivity contribution >= 4 is 24.4 Å². The van der Waals surface area contributed by atoms with Crippen LogP contribution in [0, 0.1) is 16.7 Å². The number of nitrogens with one attached hydrogen (secondary N) is 2. The summed E-state index contributed by atoms with van der Waals surface area (Å²) >= 11 is 0. The molecule has 2 aromatic rings. The Balaban J connectivity index is 1.95. The molecule has 31 heavy (non-hydrogen) atoms. The Morgan fingerprint density at radius 3 is 2.94 bits per heavy atom. The van der Waals surface area contributed by atoms with Crippen molar-refractivity contribution in [3.8, 4) is 6.07 Å². The Kier molecular flexibility index (Phi) is 6.89. The summed E-state index contributed by atoms with van der Waals surface area (Å²) in [5.41, 5.74) is 8.26. The average Bonchev–Trinajstić information content (AvgIpc) is 3.19. The van der Waals surface area contributed by atoms with Crippen LogP contribution in [0.25, 0.3) is 5.65 Å². The van der Waals surface area contributed by atoms with Crippen molar-refractivity contribution in [2.75, 3.05) is 6.54 Å². The molecule has 4 N–H and O–H groups in total. The van der Waals surface area contributed by atoms with Crippen LogP contribution >= 0.6 is 0 Å². The van der Waals surface area contributed by atoms with Crippen LogP contribution in [0.1, 0.15) is 25.2 Å². The van der Waals surface area contributed by atoms with Crippen LogP contribution in [-0.4, -0.2) is 62.7 Å². The molecule has 0 aromatic carbocycles. The Labute approximate surface area is 181 Å². The third kappa shape index (κ3) is 4.67. The molecule has 3 unspecified atom stereocenters. The zero-order chi connectivity index (χ0) is 22.4. The Morgan fingerprint density at radius 1 is 1.45 bits per heavy atom. The highest BCUT2D eigenvalue weighted by Gasteiger charge is 2.33. The molecular weight excluding hydrogens is 392 g/mol. The first-order valence-corrected chi connectivity index (χ1v) is 9.86. The second-order valence-corrected chi connectivity index (χ2v) is 7.28. The van der Waals surface area contributed by atoms with E-state index in [1.807, 2.05) is 16.5 Å². The molecule has 0 bridgehead atoms. The molecule has 1 aliphatic heterocycles. The van der Waals surface area contributed by atoms with Crippen molar-refractivity contribution in [2.24, 2.45) is 15.7 Å². The van der Waals surface area contributed by atoms with E-state index < -0.39 is 0 Å². The number of aromatic nitrogens is 3. The van der Waals surface area contributed by atoms with Gasteiger partial charge in [0.25, 0.3) is 0 Å². The molecule has 10 heteroatoms. The second kappa shape index (κ2) is 9.77. The lowest BCUT2D eigenvalue weighted by Gasteiger charge is -2.44. The number of rotatable bonds is 6. The first-order valence-electron chi connectivity index (χ1n) is 9.86. The van der Waals surface area contributed by atoms with Gasteiger partial charge in [0.05, 0.1) is 30.7 Å². The van der Waals surface area contributed by atoms with Gasteiger partial charge in [-0.05, 0) is 26.6 Å². The van der Waals surface area contributed by atoms with Crippen LogP contribution in [0.15, 0.2) is 52.6 Å². The number of nitrogens with zero attached hydrogens (tertiary/aromatic N) is 7. The quantitative estimate of drug-likeness (QED) is 0.476. The normalized spacial score (nSPS) is 22.6. The molecule has 160 valence electrons. The minimum atomic E-state index is -0.110. The van der Waals surface area contributed by atoms with E-state index in [2.05, 4.69) is 45.7 Å². The molecule has 3 rings (SSSR count). The third-order valence-corrected chi connectivity index (χ3v) is 5.24. The lowest BCUT2D eigenvalue weighted by Crippen LogP contribution is -2.62.